The van der Waals surface area contributed by atoms with Gasteiger partial charge in [-0.25, -0.2) is 0 Å². The molecular formula is C26H29N3O3. The molecule has 0 saturated heterocycles. The number of likely N-dealkylation sites (N-methyl/N-ethyl adjacent to an activating group) is 1. The molecule has 0 aliphatic carbocycles. The van der Waals surface area contributed by atoms with Crippen LogP contribution in [-0.4, -0.2) is 44.5 Å². The van der Waals surface area contributed by atoms with Crippen molar-refractivity contribution >= 4 is 11.8 Å². The fraction of sp³-hybridized carbons (Fsp3) is 0.231. The topological polar surface area (TPSA) is 70.7 Å². The van der Waals surface area contributed by atoms with Crippen molar-refractivity contribution in [3.05, 3.63) is 101 Å². The van der Waals surface area contributed by atoms with Gasteiger partial charge in [0.1, 0.15) is 5.75 Å². The van der Waals surface area contributed by atoms with Crippen molar-refractivity contribution in [2.75, 3.05) is 27.7 Å². The lowest BCUT2D eigenvalue weighted by Gasteiger charge is -2.25. The van der Waals surface area contributed by atoms with Crippen LogP contribution in [0.5, 0.6) is 5.75 Å². The summed E-state index contributed by atoms with van der Waals surface area (Å²) in [6.45, 7) is 0.878. The Morgan fingerprint density at radius 2 is 1.41 bits per heavy atom. The smallest absolute Gasteiger partial charge is 0.251 e. The summed E-state index contributed by atoms with van der Waals surface area (Å²) in [6.07, 6.45) is 0. The summed E-state index contributed by atoms with van der Waals surface area (Å²) in [4.78, 5) is 26.9. The molecule has 3 rings (SSSR count). The molecular weight excluding hydrogens is 402 g/mol. The number of carbonyl (C=O) groups is 2. The highest BCUT2D eigenvalue weighted by atomic mass is 16.5. The Morgan fingerprint density at radius 3 is 2.00 bits per heavy atom. The van der Waals surface area contributed by atoms with E-state index in [2.05, 4.69) is 15.5 Å². The minimum atomic E-state index is -0.134. The molecule has 0 fully saturated rings. The second kappa shape index (κ2) is 11.1. The lowest BCUT2D eigenvalue weighted by molar-refractivity contribution is 0.0936. The van der Waals surface area contributed by atoms with E-state index in [-0.39, 0.29) is 17.9 Å². The van der Waals surface area contributed by atoms with Crippen molar-refractivity contribution in [2.45, 2.75) is 12.6 Å². The number of hydrogen-bond acceptors (Lipinski definition) is 4. The number of methoxy groups -OCH3 is 1. The third-order valence-corrected chi connectivity index (χ3v) is 5.29. The summed E-state index contributed by atoms with van der Waals surface area (Å²) < 4.78 is 5.22. The minimum Gasteiger partial charge on any atom is -0.497 e. The highest BCUT2D eigenvalue weighted by Gasteiger charge is 2.16. The standard InChI is InChI=1S/C26H29N3O3/c1-29(2)24(20-13-15-23(32-3)16-14-20)18-28-26(31)22-11-9-19(10-12-22)17-27-25(30)21-7-5-4-6-8-21/h4-16,24H,17-18H2,1-3H3,(H,27,30)(H,28,31). The van der Waals surface area contributed by atoms with Crippen LogP contribution < -0.4 is 15.4 Å². The first-order valence-electron chi connectivity index (χ1n) is 10.5. The van der Waals surface area contributed by atoms with Crippen molar-refractivity contribution in [1.29, 1.82) is 0 Å². The zero-order valence-electron chi connectivity index (χ0n) is 18.7. The molecule has 0 aliphatic rings. The second-order valence-electron chi connectivity index (χ2n) is 7.71. The van der Waals surface area contributed by atoms with Gasteiger partial charge >= 0.3 is 0 Å². The maximum atomic E-state index is 12.6. The molecule has 2 N–H and O–H groups in total. The van der Waals surface area contributed by atoms with Gasteiger partial charge in [0.25, 0.3) is 11.8 Å². The van der Waals surface area contributed by atoms with Crippen molar-refractivity contribution in [2.24, 2.45) is 0 Å². The molecule has 0 saturated carbocycles. The molecule has 0 aromatic heterocycles. The highest BCUT2D eigenvalue weighted by molar-refractivity contribution is 5.95. The summed E-state index contributed by atoms with van der Waals surface area (Å²) in [5, 5.41) is 5.91. The first kappa shape index (κ1) is 23.0. The second-order valence-corrected chi connectivity index (χ2v) is 7.71. The first-order valence-corrected chi connectivity index (χ1v) is 10.5. The molecule has 32 heavy (non-hydrogen) atoms. The molecule has 166 valence electrons. The molecule has 3 aromatic carbocycles. The van der Waals surface area contributed by atoms with E-state index in [0.717, 1.165) is 16.9 Å². The Balaban J connectivity index is 1.54. The molecule has 3 aromatic rings. The predicted molar refractivity (Wildman–Crippen MR) is 126 cm³/mol. The number of carbonyl (C=O) groups excluding carboxylic acids is 2. The van der Waals surface area contributed by atoms with Gasteiger partial charge in [0, 0.05) is 24.2 Å². The number of benzene rings is 3. The zero-order valence-corrected chi connectivity index (χ0v) is 18.7. The van der Waals surface area contributed by atoms with Crippen molar-refractivity contribution in [3.8, 4) is 5.75 Å². The van der Waals surface area contributed by atoms with Gasteiger partial charge in [-0.3, -0.25) is 9.59 Å². The van der Waals surface area contributed by atoms with Crippen LogP contribution >= 0.6 is 0 Å². The predicted octanol–water partition coefficient (Wildman–Crippen LogP) is 3.66. The molecule has 0 bridgehead atoms. The molecule has 0 heterocycles. The number of rotatable bonds is 9. The third-order valence-electron chi connectivity index (χ3n) is 5.29. The molecule has 0 aliphatic heterocycles. The third kappa shape index (κ3) is 6.18. The number of ether oxygens (including phenoxy) is 1. The minimum absolute atomic E-state index is 0.0392. The van der Waals surface area contributed by atoms with Gasteiger partial charge in [0.15, 0.2) is 0 Å². The SMILES string of the molecule is COc1ccc(C(CNC(=O)c2ccc(CNC(=O)c3ccccc3)cc2)N(C)C)cc1. The molecule has 2 amide bonds. The van der Waals surface area contributed by atoms with Crippen LogP contribution in [0.2, 0.25) is 0 Å². The van der Waals surface area contributed by atoms with Gasteiger partial charge in [-0.2, -0.15) is 0 Å². The lowest BCUT2D eigenvalue weighted by Crippen LogP contribution is -2.34. The number of amides is 2. The average molecular weight is 432 g/mol. The molecule has 0 spiro atoms. The number of nitrogens with one attached hydrogen (secondary N) is 2. The normalized spacial score (nSPS) is 11.6. The summed E-state index contributed by atoms with van der Waals surface area (Å²) in [5.41, 5.74) is 3.22. The first-order chi connectivity index (χ1) is 15.5. The van der Waals surface area contributed by atoms with Gasteiger partial charge in [0.2, 0.25) is 0 Å². The van der Waals surface area contributed by atoms with Crippen molar-refractivity contribution in [3.63, 3.8) is 0 Å². The van der Waals surface area contributed by atoms with Crippen LogP contribution in [0.4, 0.5) is 0 Å². The van der Waals surface area contributed by atoms with E-state index in [4.69, 9.17) is 4.74 Å². The molecule has 1 atom stereocenters. The Bertz CT molecular complexity index is 1020. The lowest BCUT2D eigenvalue weighted by atomic mass is 10.1. The van der Waals surface area contributed by atoms with Crippen LogP contribution in [0.25, 0.3) is 0 Å². The largest absolute Gasteiger partial charge is 0.497 e. The van der Waals surface area contributed by atoms with Gasteiger partial charge in [0.05, 0.1) is 13.2 Å². The zero-order chi connectivity index (χ0) is 22.9. The van der Waals surface area contributed by atoms with E-state index in [0.29, 0.717) is 24.2 Å². The Morgan fingerprint density at radius 1 is 0.812 bits per heavy atom. The van der Waals surface area contributed by atoms with Gasteiger partial charge < -0.3 is 20.3 Å². The summed E-state index contributed by atoms with van der Waals surface area (Å²) in [7, 11) is 5.61. The monoisotopic (exact) mass is 431 g/mol. The van der Waals surface area contributed by atoms with E-state index >= 15 is 0 Å². The number of nitrogens with zero attached hydrogens (tertiary/aromatic N) is 1. The summed E-state index contributed by atoms with van der Waals surface area (Å²) in [5.74, 6) is 0.543. The van der Waals surface area contributed by atoms with Crippen molar-refractivity contribution < 1.29 is 14.3 Å². The summed E-state index contributed by atoms with van der Waals surface area (Å²) in [6, 6.07) is 24.2. The fourth-order valence-corrected chi connectivity index (χ4v) is 3.36. The number of hydrogen-bond donors (Lipinski definition) is 2. The maximum Gasteiger partial charge on any atom is 0.251 e. The quantitative estimate of drug-likeness (QED) is 0.543. The van der Waals surface area contributed by atoms with Crippen LogP contribution in [0.1, 0.15) is 37.9 Å². The molecule has 6 heteroatoms. The van der Waals surface area contributed by atoms with Crippen molar-refractivity contribution in [1.82, 2.24) is 15.5 Å². The molecule has 1 unspecified atom stereocenters. The van der Waals surface area contributed by atoms with E-state index in [1.54, 1.807) is 31.4 Å². The van der Waals surface area contributed by atoms with E-state index in [1.165, 1.54) is 0 Å². The fourth-order valence-electron chi connectivity index (χ4n) is 3.36. The highest BCUT2D eigenvalue weighted by Crippen LogP contribution is 2.21. The van der Waals surface area contributed by atoms with Crippen LogP contribution in [0, 0.1) is 0 Å². The van der Waals surface area contributed by atoms with E-state index in [1.807, 2.05) is 68.7 Å². The Kier molecular flexibility index (Phi) is 8.00. The van der Waals surface area contributed by atoms with Gasteiger partial charge in [-0.15, -0.1) is 0 Å². The molecule has 0 radical (unpaired) electrons. The van der Waals surface area contributed by atoms with E-state index in [9.17, 15) is 9.59 Å². The average Bonchev–Trinajstić information content (AvgIpc) is 2.83. The van der Waals surface area contributed by atoms with E-state index < -0.39 is 0 Å². The summed E-state index contributed by atoms with van der Waals surface area (Å²) >= 11 is 0. The van der Waals surface area contributed by atoms with Gasteiger partial charge in [-0.05, 0) is 61.6 Å². The van der Waals surface area contributed by atoms with Crippen LogP contribution in [0.3, 0.4) is 0 Å². The van der Waals surface area contributed by atoms with Crippen LogP contribution in [-0.2, 0) is 6.54 Å². The molecule has 6 nitrogen and oxygen atoms in total. The maximum absolute atomic E-state index is 12.6. The van der Waals surface area contributed by atoms with Crippen LogP contribution in [0.15, 0.2) is 78.9 Å². The van der Waals surface area contributed by atoms with Gasteiger partial charge in [-0.1, -0.05) is 42.5 Å². The Hall–Kier alpha value is -3.64. The Labute approximate surface area is 189 Å².